The van der Waals surface area contributed by atoms with Crippen LogP contribution in [0.2, 0.25) is 0 Å². The second kappa shape index (κ2) is 4.61. The van der Waals surface area contributed by atoms with Crippen LogP contribution in [0.1, 0.15) is 52.4 Å². The van der Waals surface area contributed by atoms with Crippen molar-refractivity contribution in [3.8, 4) is 0 Å². The van der Waals surface area contributed by atoms with Crippen molar-refractivity contribution < 1.29 is 10.2 Å². The Morgan fingerprint density at radius 2 is 1.95 bits per heavy atom. The van der Waals surface area contributed by atoms with Crippen LogP contribution in [0.5, 0.6) is 0 Å². The van der Waals surface area contributed by atoms with E-state index in [0.29, 0.717) is 23.5 Å². The lowest BCUT2D eigenvalue weighted by Gasteiger charge is -2.55. The van der Waals surface area contributed by atoms with Gasteiger partial charge in [-0.2, -0.15) is 0 Å². The van der Waals surface area contributed by atoms with E-state index < -0.39 is 0 Å². The number of aliphatic hydroxyl groups excluding tert-OH is 2. The Bertz CT molecular complexity index is 554. The Hall–Kier alpha value is -0.800. The molecule has 122 valence electrons. The van der Waals surface area contributed by atoms with Gasteiger partial charge in [-0.05, 0) is 60.8 Å². The molecule has 2 saturated carbocycles. The molecule has 4 N–H and O–H groups in total. The van der Waals surface area contributed by atoms with Crippen LogP contribution in [0.4, 0.5) is 0 Å². The Morgan fingerprint density at radius 3 is 2.73 bits per heavy atom. The minimum atomic E-state index is -0.209. The molecule has 3 nitrogen and oxygen atoms in total. The molecule has 0 spiro atoms. The number of rotatable bonds is 0. The lowest BCUT2D eigenvalue weighted by Crippen LogP contribution is -2.50. The standard InChI is InChI=1S/C19H29NO2/c1-18-7-5-12(20)9-11(18)10-15(21)17-13-3-4-16(22)19(13,2)8-6-14(17)18/h5,7,11-14,16,21-22H,3-4,6,8-10,20H2,1-2H3/t11?,12-,13-,14-,16-,18-,19-/m0/s1. The van der Waals surface area contributed by atoms with Crippen molar-refractivity contribution in [2.75, 3.05) is 0 Å². The van der Waals surface area contributed by atoms with Crippen LogP contribution in [0, 0.1) is 28.6 Å². The first kappa shape index (κ1) is 14.8. The van der Waals surface area contributed by atoms with Crippen molar-refractivity contribution in [3.63, 3.8) is 0 Å². The first-order chi connectivity index (χ1) is 10.4. The van der Waals surface area contributed by atoms with Crippen molar-refractivity contribution >= 4 is 0 Å². The molecule has 22 heavy (non-hydrogen) atoms. The maximum atomic E-state index is 10.8. The molecular weight excluding hydrogens is 274 g/mol. The smallest absolute Gasteiger partial charge is 0.0923 e. The second-order valence-corrected chi connectivity index (χ2v) is 8.67. The molecule has 0 bridgehead atoms. The molecule has 0 amide bonds. The topological polar surface area (TPSA) is 66.5 Å². The normalized spacial score (nSPS) is 53.9. The Morgan fingerprint density at radius 1 is 1.18 bits per heavy atom. The third-order valence-corrected chi connectivity index (χ3v) is 7.67. The average Bonchev–Trinajstić information content (AvgIpc) is 2.77. The van der Waals surface area contributed by atoms with E-state index in [1.54, 1.807) is 0 Å². The van der Waals surface area contributed by atoms with E-state index in [1.807, 2.05) is 0 Å². The molecule has 0 heterocycles. The van der Waals surface area contributed by atoms with Gasteiger partial charge < -0.3 is 15.9 Å². The molecule has 0 aromatic carbocycles. The van der Waals surface area contributed by atoms with Crippen molar-refractivity contribution in [2.45, 2.75) is 64.5 Å². The van der Waals surface area contributed by atoms with E-state index in [0.717, 1.165) is 38.5 Å². The number of aliphatic hydroxyl groups is 2. The molecule has 1 unspecified atom stereocenters. The lowest BCUT2D eigenvalue weighted by molar-refractivity contribution is -0.00986. The van der Waals surface area contributed by atoms with Crippen molar-refractivity contribution in [3.05, 3.63) is 23.5 Å². The zero-order valence-electron chi connectivity index (χ0n) is 13.8. The van der Waals surface area contributed by atoms with Gasteiger partial charge in [0.05, 0.1) is 11.9 Å². The van der Waals surface area contributed by atoms with Crippen LogP contribution in [-0.4, -0.2) is 22.4 Å². The number of hydrogen-bond donors (Lipinski definition) is 3. The van der Waals surface area contributed by atoms with Gasteiger partial charge >= 0.3 is 0 Å². The van der Waals surface area contributed by atoms with Gasteiger partial charge in [0.2, 0.25) is 0 Å². The van der Waals surface area contributed by atoms with Gasteiger partial charge in [0.25, 0.3) is 0 Å². The minimum absolute atomic E-state index is 0.0300. The van der Waals surface area contributed by atoms with Gasteiger partial charge in [-0.15, -0.1) is 0 Å². The summed E-state index contributed by atoms with van der Waals surface area (Å²) in [4.78, 5) is 0. The fourth-order valence-corrected chi connectivity index (χ4v) is 6.15. The summed E-state index contributed by atoms with van der Waals surface area (Å²) in [5.41, 5.74) is 7.50. The van der Waals surface area contributed by atoms with Crippen LogP contribution < -0.4 is 5.73 Å². The van der Waals surface area contributed by atoms with Gasteiger partial charge in [-0.3, -0.25) is 0 Å². The molecule has 2 fully saturated rings. The summed E-state index contributed by atoms with van der Waals surface area (Å²) in [7, 11) is 0. The van der Waals surface area contributed by atoms with Gasteiger partial charge in [-0.1, -0.05) is 26.0 Å². The van der Waals surface area contributed by atoms with E-state index in [9.17, 15) is 10.2 Å². The third kappa shape index (κ3) is 1.75. The summed E-state index contributed by atoms with van der Waals surface area (Å²) in [6.45, 7) is 4.60. The maximum Gasteiger partial charge on any atom is 0.0923 e. The molecular formula is C19H29NO2. The van der Waals surface area contributed by atoms with Gasteiger partial charge in [0.15, 0.2) is 0 Å². The molecule has 0 aromatic rings. The summed E-state index contributed by atoms with van der Waals surface area (Å²) in [5.74, 6) is 1.87. The third-order valence-electron chi connectivity index (χ3n) is 7.67. The molecule has 4 rings (SSSR count). The first-order valence-corrected chi connectivity index (χ1v) is 8.91. The van der Waals surface area contributed by atoms with Crippen LogP contribution in [-0.2, 0) is 0 Å². The van der Waals surface area contributed by atoms with Crippen LogP contribution >= 0.6 is 0 Å². The summed E-state index contributed by atoms with van der Waals surface area (Å²) >= 11 is 0. The lowest BCUT2D eigenvalue weighted by atomic mass is 9.49. The highest BCUT2D eigenvalue weighted by atomic mass is 16.3. The number of hydrogen-bond acceptors (Lipinski definition) is 3. The SMILES string of the molecule is C[C@]12CC[C@H]3C(=C(O)CC4C[C@@H](N)C=C[C@@]43C)[C@@H]1CC[C@@H]2O. The molecule has 0 aromatic heterocycles. The Labute approximate surface area is 133 Å². The van der Waals surface area contributed by atoms with Crippen molar-refractivity contribution in [2.24, 2.45) is 34.3 Å². The zero-order chi connectivity index (χ0) is 15.7. The highest BCUT2D eigenvalue weighted by molar-refractivity contribution is 5.33. The molecule has 7 atom stereocenters. The van der Waals surface area contributed by atoms with E-state index in [2.05, 4.69) is 26.0 Å². The highest BCUT2D eigenvalue weighted by Gasteiger charge is 2.58. The average molecular weight is 303 g/mol. The Balaban J connectivity index is 1.78. The molecule has 4 aliphatic carbocycles. The molecule has 3 heteroatoms. The van der Waals surface area contributed by atoms with E-state index in [-0.39, 0.29) is 23.0 Å². The van der Waals surface area contributed by atoms with E-state index in [1.165, 1.54) is 5.57 Å². The predicted octanol–water partition coefficient (Wildman–Crippen LogP) is 3.30. The summed E-state index contributed by atoms with van der Waals surface area (Å²) < 4.78 is 0. The number of fused-ring (bicyclic) bond motifs is 5. The molecule has 4 aliphatic rings. The summed E-state index contributed by atoms with van der Waals surface area (Å²) in [6, 6.07) is 0.134. The second-order valence-electron chi connectivity index (χ2n) is 8.67. The monoisotopic (exact) mass is 303 g/mol. The Kier molecular flexibility index (Phi) is 3.09. The molecule has 0 aliphatic heterocycles. The van der Waals surface area contributed by atoms with Gasteiger partial charge in [0, 0.05) is 17.9 Å². The number of allylic oxidation sites excluding steroid dienone is 3. The number of nitrogens with two attached hydrogens (primary N) is 1. The van der Waals surface area contributed by atoms with Gasteiger partial charge in [-0.25, -0.2) is 0 Å². The largest absolute Gasteiger partial charge is 0.512 e. The van der Waals surface area contributed by atoms with E-state index >= 15 is 0 Å². The fraction of sp³-hybridized carbons (Fsp3) is 0.789. The predicted molar refractivity (Wildman–Crippen MR) is 87.2 cm³/mol. The van der Waals surface area contributed by atoms with E-state index in [4.69, 9.17) is 5.73 Å². The fourth-order valence-electron chi connectivity index (χ4n) is 6.15. The summed E-state index contributed by atoms with van der Waals surface area (Å²) in [6.07, 6.45) is 10.1. The van der Waals surface area contributed by atoms with Crippen LogP contribution in [0.25, 0.3) is 0 Å². The van der Waals surface area contributed by atoms with Crippen molar-refractivity contribution in [1.82, 2.24) is 0 Å². The first-order valence-electron chi connectivity index (χ1n) is 8.91. The van der Waals surface area contributed by atoms with Crippen LogP contribution in [0.15, 0.2) is 23.5 Å². The zero-order valence-corrected chi connectivity index (χ0v) is 13.8. The maximum absolute atomic E-state index is 10.8. The molecule has 0 radical (unpaired) electrons. The highest BCUT2D eigenvalue weighted by Crippen LogP contribution is 2.64. The summed E-state index contributed by atoms with van der Waals surface area (Å²) in [5, 5.41) is 21.3. The molecule has 0 saturated heterocycles. The minimum Gasteiger partial charge on any atom is -0.512 e. The van der Waals surface area contributed by atoms with Gasteiger partial charge in [0.1, 0.15) is 0 Å². The van der Waals surface area contributed by atoms with Crippen LogP contribution in [0.3, 0.4) is 0 Å². The quantitative estimate of drug-likeness (QED) is 0.602. The van der Waals surface area contributed by atoms with Crippen molar-refractivity contribution in [1.29, 1.82) is 0 Å².